The number of hydrogen-bond donors (Lipinski definition) is 1. The van der Waals surface area contributed by atoms with Gasteiger partial charge in [-0.3, -0.25) is 4.79 Å². The van der Waals surface area contributed by atoms with Crippen LogP contribution in [0, 0.1) is 0 Å². The molecule has 0 heterocycles. The zero-order chi connectivity index (χ0) is 10.8. The zero-order valence-corrected chi connectivity index (χ0v) is 10.9. The third-order valence-corrected chi connectivity index (χ3v) is 2.84. The van der Waals surface area contributed by atoms with Gasteiger partial charge < -0.3 is 5.32 Å². The van der Waals surface area contributed by atoms with Gasteiger partial charge in [-0.2, -0.15) is 0 Å². The minimum Gasteiger partial charge on any atom is -0.353 e. The smallest absolute Gasteiger partial charge is 0.220 e. The number of carbonyl (C=O) groups excluding carboxylic acids is 1. The van der Waals surface area contributed by atoms with Crippen molar-refractivity contribution in [3.05, 3.63) is 0 Å². The summed E-state index contributed by atoms with van der Waals surface area (Å²) in [4.78, 5) is 11.4. The predicted molar refractivity (Wildman–Crippen MR) is 64.8 cm³/mol. The summed E-state index contributed by atoms with van der Waals surface area (Å²) in [5, 5.41) is 4.06. The first-order valence-corrected chi connectivity index (χ1v) is 6.72. The van der Waals surface area contributed by atoms with Gasteiger partial charge in [0.1, 0.15) is 0 Å². The van der Waals surface area contributed by atoms with E-state index in [1.165, 1.54) is 0 Å². The molecule has 1 unspecified atom stereocenters. The molecule has 1 atom stereocenters. The summed E-state index contributed by atoms with van der Waals surface area (Å²) in [6.45, 7) is 4.28. The quantitative estimate of drug-likeness (QED) is 0.529. The first kappa shape index (κ1) is 13.9. The lowest BCUT2D eigenvalue weighted by molar-refractivity contribution is -0.121. The Morgan fingerprint density at radius 1 is 1.36 bits per heavy atom. The Hall–Kier alpha value is -0.0500. The van der Waals surface area contributed by atoms with E-state index in [1.54, 1.807) is 0 Å². The van der Waals surface area contributed by atoms with Crippen molar-refractivity contribution in [1.29, 1.82) is 0 Å². The van der Waals surface area contributed by atoms with Crippen LogP contribution in [0.1, 0.15) is 52.4 Å². The topological polar surface area (TPSA) is 29.1 Å². The third kappa shape index (κ3) is 7.36. The molecular formula is C11H22BrNO. The van der Waals surface area contributed by atoms with Crippen molar-refractivity contribution in [3.8, 4) is 0 Å². The number of alkyl halides is 1. The fraction of sp³-hybridized carbons (Fsp3) is 0.909. The Kier molecular flexibility index (Phi) is 9.47. The maximum atomic E-state index is 11.4. The first-order chi connectivity index (χ1) is 6.74. The van der Waals surface area contributed by atoms with E-state index in [9.17, 15) is 4.79 Å². The number of amides is 1. The number of hydrogen-bond acceptors (Lipinski definition) is 1. The highest BCUT2D eigenvalue weighted by molar-refractivity contribution is 9.09. The highest BCUT2D eigenvalue weighted by atomic mass is 79.9. The van der Waals surface area contributed by atoms with E-state index in [2.05, 4.69) is 35.1 Å². The van der Waals surface area contributed by atoms with Crippen molar-refractivity contribution >= 4 is 21.8 Å². The molecular weight excluding hydrogens is 242 g/mol. The van der Waals surface area contributed by atoms with E-state index in [0.29, 0.717) is 12.5 Å². The summed E-state index contributed by atoms with van der Waals surface area (Å²) < 4.78 is 0. The Morgan fingerprint density at radius 2 is 2.07 bits per heavy atom. The van der Waals surface area contributed by atoms with Crippen LogP contribution in [0.15, 0.2) is 0 Å². The van der Waals surface area contributed by atoms with Crippen LogP contribution in [0.5, 0.6) is 0 Å². The van der Waals surface area contributed by atoms with Gasteiger partial charge in [0.25, 0.3) is 0 Å². The highest BCUT2D eigenvalue weighted by Crippen LogP contribution is 2.03. The van der Waals surface area contributed by atoms with Crippen LogP contribution in [0.25, 0.3) is 0 Å². The Bertz CT molecular complexity index is 150. The highest BCUT2D eigenvalue weighted by Gasteiger charge is 2.08. The van der Waals surface area contributed by atoms with Crippen molar-refractivity contribution < 1.29 is 4.79 Å². The van der Waals surface area contributed by atoms with Crippen molar-refractivity contribution in [1.82, 2.24) is 5.32 Å². The number of nitrogens with one attached hydrogen (secondary N) is 1. The normalized spacial score (nSPS) is 12.5. The van der Waals surface area contributed by atoms with Crippen LogP contribution in [0.4, 0.5) is 0 Å². The van der Waals surface area contributed by atoms with E-state index in [1.807, 2.05) is 0 Å². The molecule has 0 saturated heterocycles. The standard InChI is InChI=1S/C11H22BrNO/c1-3-7-10(4-2)13-11(14)8-5-6-9-12/h10H,3-9H2,1-2H3,(H,13,14). The van der Waals surface area contributed by atoms with E-state index in [0.717, 1.165) is 37.4 Å². The molecule has 14 heavy (non-hydrogen) atoms. The van der Waals surface area contributed by atoms with Crippen LogP contribution in [-0.2, 0) is 4.79 Å². The van der Waals surface area contributed by atoms with E-state index in [4.69, 9.17) is 0 Å². The number of halogens is 1. The number of rotatable bonds is 8. The molecule has 0 fully saturated rings. The summed E-state index contributed by atoms with van der Waals surface area (Å²) in [5.41, 5.74) is 0. The molecule has 3 heteroatoms. The van der Waals surface area contributed by atoms with Crippen LogP contribution in [0.3, 0.4) is 0 Å². The fourth-order valence-electron chi connectivity index (χ4n) is 1.41. The summed E-state index contributed by atoms with van der Waals surface area (Å²) in [5.74, 6) is 0.214. The minimum absolute atomic E-state index is 0.214. The lowest BCUT2D eigenvalue weighted by Crippen LogP contribution is -2.34. The van der Waals surface area contributed by atoms with Gasteiger partial charge in [-0.15, -0.1) is 0 Å². The molecule has 1 amide bonds. The molecule has 0 aliphatic carbocycles. The fourth-order valence-corrected chi connectivity index (χ4v) is 1.80. The molecule has 0 rings (SSSR count). The Labute approximate surface area is 96.0 Å². The summed E-state index contributed by atoms with van der Waals surface area (Å²) in [6.07, 6.45) is 6.02. The van der Waals surface area contributed by atoms with E-state index >= 15 is 0 Å². The average molecular weight is 264 g/mol. The molecule has 0 aromatic heterocycles. The van der Waals surface area contributed by atoms with Crippen molar-refractivity contribution in [2.24, 2.45) is 0 Å². The van der Waals surface area contributed by atoms with Crippen LogP contribution in [0.2, 0.25) is 0 Å². The lowest BCUT2D eigenvalue weighted by atomic mass is 10.1. The Balaban J connectivity index is 3.56. The summed E-state index contributed by atoms with van der Waals surface area (Å²) in [6, 6.07) is 0.386. The van der Waals surface area contributed by atoms with Gasteiger partial charge in [0, 0.05) is 17.8 Å². The van der Waals surface area contributed by atoms with Crippen molar-refractivity contribution in [2.75, 3.05) is 5.33 Å². The molecule has 0 saturated carbocycles. The molecule has 0 aliphatic rings. The van der Waals surface area contributed by atoms with Gasteiger partial charge in [0.15, 0.2) is 0 Å². The third-order valence-electron chi connectivity index (χ3n) is 2.28. The largest absolute Gasteiger partial charge is 0.353 e. The second kappa shape index (κ2) is 9.50. The summed E-state index contributed by atoms with van der Waals surface area (Å²) in [7, 11) is 0. The van der Waals surface area contributed by atoms with Gasteiger partial charge in [0.05, 0.1) is 0 Å². The number of unbranched alkanes of at least 4 members (excludes halogenated alkanes) is 1. The molecule has 84 valence electrons. The van der Waals surface area contributed by atoms with Gasteiger partial charge in [-0.1, -0.05) is 36.2 Å². The molecule has 0 bridgehead atoms. The van der Waals surface area contributed by atoms with E-state index < -0.39 is 0 Å². The summed E-state index contributed by atoms with van der Waals surface area (Å²) >= 11 is 3.36. The van der Waals surface area contributed by atoms with E-state index in [-0.39, 0.29) is 5.91 Å². The van der Waals surface area contributed by atoms with Crippen molar-refractivity contribution in [3.63, 3.8) is 0 Å². The minimum atomic E-state index is 0.214. The molecule has 2 nitrogen and oxygen atoms in total. The number of carbonyl (C=O) groups is 1. The second-order valence-electron chi connectivity index (χ2n) is 3.61. The van der Waals surface area contributed by atoms with Crippen LogP contribution < -0.4 is 5.32 Å². The first-order valence-electron chi connectivity index (χ1n) is 5.59. The second-order valence-corrected chi connectivity index (χ2v) is 4.40. The van der Waals surface area contributed by atoms with Gasteiger partial charge in [-0.25, -0.2) is 0 Å². The SMILES string of the molecule is CCCC(CC)NC(=O)CCCCBr. The molecule has 0 spiro atoms. The monoisotopic (exact) mass is 263 g/mol. The maximum Gasteiger partial charge on any atom is 0.220 e. The van der Waals surface area contributed by atoms with Crippen LogP contribution >= 0.6 is 15.9 Å². The lowest BCUT2D eigenvalue weighted by Gasteiger charge is -2.15. The average Bonchev–Trinajstić information content (AvgIpc) is 2.17. The molecule has 0 aromatic carbocycles. The molecule has 0 aliphatic heterocycles. The molecule has 0 radical (unpaired) electrons. The Morgan fingerprint density at radius 3 is 2.57 bits per heavy atom. The van der Waals surface area contributed by atoms with Crippen LogP contribution in [-0.4, -0.2) is 17.3 Å². The van der Waals surface area contributed by atoms with Gasteiger partial charge in [-0.05, 0) is 25.7 Å². The van der Waals surface area contributed by atoms with Gasteiger partial charge >= 0.3 is 0 Å². The molecule has 1 N–H and O–H groups in total. The maximum absolute atomic E-state index is 11.4. The van der Waals surface area contributed by atoms with Gasteiger partial charge in [0.2, 0.25) is 5.91 Å². The zero-order valence-electron chi connectivity index (χ0n) is 9.31. The predicted octanol–water partition coefficient (Wildman–Crippen LogP) is 3.25. The molecule has 0 aromatic rings. The van der Waals surface area contributed by atoms with Crippen molar-refractivity contribution in [2.45, 2.75) is 58.4 Å².